The Morgan fingerprint density at radius 1 is 1.25 bits per heavy atom. The van der Waals surface area contributed by atoms with Crippen molar-refractivity contribution in [2.45, 2.75) is 51.8 Å². The van der Waals surface area contributed by atoms with Crippen LogP contribution in [-0.4, -0.2) is 18.3 Å². The number of hydrogen-bond acceptors (Lipinski definition) is 1. The van der Waals surface area contributed by atoms with E-state index in [4.69, 9.17) is 11.6 Å². The molecule has 1 aliphatic rings. The highest BCUT2D eigenvalue weighted by Gasteiger charge is 2.34. The van der Waals surface area contributed by atoms with Crippen LogP contribution in [0.2, 0.25) is 0 Å². The fraction of sp³-hybridized carbons (Fsp3) is 0.923. The Hall–Kier alpha value is -0.240. The monoisotopic (exact) mass is 245 g/mol. The van der Waals surface area contributed by atoms with Gasteiger partial charge in [0, 0.05) is 7.05 Å². The average Bonchev–Trinajstić information content (AvgIpc) is 2.26. The lowest BCUT2D eigenvalue weighted by molar-refractivity contribution is -0.121. The van der Waals surface area contributed by atoms with Crippen LogP contribution in [0.15, 0.2) is 0 Å². The Morgan fingerprint density at radius 2 is 1.75 bits per heavy atom. The molecule has 1 rings (SSSR count). The molecule has 94 valence electrons. The number of alkyl halides is 1. The molecule has 0 heterocycles. The fourth-order valence-electron chi connectivity index (χ4n) is 2.63. The molecule has 1 amide bonds. The van der Waals surface area contributed by atoms with Crippen molar-refractivity contribution in [1.82, 2.24) is 5.32 Å². The molecule has 0 aromatic heterocycles. The molecule has 1 saturated carbocycles. The molecule has 16 heavy (non-hydrogen) atoms. The van der Waals surface area contributed by atoms with E-state index in [9.17, 15) is 4.79 Å². The van der Waals surface area contributed by atoms with Gasteiger partial charge in [0.25, 0.3) is 0 Å². The molecule has 0 radical (unpaired) electrons. The summed E-state index contributed by atoms with van der Waals surface area (Å²) in [5.41, 5.74) is 0.389. The first-order valence-electron chi connectivity index (χ1n) is 6.22. The molecule has 1 N–H and O–H groups in total. The van der Waals surface area contributed by atoms with Crippen LogP contribution in [0.25, 0.3) is 0 Å². The molecule has 0 bridgehead atoms. The maximum Gasteiger partial charge on any atom is 0.238 e. The van der Waals surface area contributed by atoms with E-state index in [0.717, 1.165) is 18.8 Å². The largest absolute Gasteiger partial charge is 0.358 e. The highest BCUT2D eigenvalue weighted by molar-refractivity contribution is 6.30. The predicted molar refractivity (Wildman–Crippen MR) is 68.6 cm³/mol. The van der Waals surface area contributed by atoms with Crippen molar-refractivity contribution in [3.8, 4) is 0 Å². The Balaban J connectivity index is 2.46. The molecule has 0 spiro atoms. The van der Waals surface area contributed by atoms with E-state index in [0.29, 0.717) is 11.3 Å². The third-order valence-electron chi connectivity index (χ3n) is 3.91. The average molecular weight is 246 g/mol. The van der Waals surface area contributed by atoms with Crippen molar-refractivity contribution in [3.05, 3.63) is 0 Å². The van der Waals surface area contributed by atoms with Gasteiger partial charge in [0.05, 0.1) is 0 Å². The van der Waals surface area contributed by atoms with Crippen molar-refractivity contribution in [3.63, 3.8) is 0 Å². The topological polar surface area (TPSA) is 29.1 Å². The quantitative estimate of drug-likeness (QED) is 0.744. The molecule has 1 unspecified atom stereocenters. The Labute approximate surface area is 104 Å². The first kappa shape index (κ1) is 13.8. The zero-order chi connectivity index (χ0) is 12.3. The number of halogens is 1. The summed E-state index contributed by atoms with van der Waals surface area (Å²) in [6.45, 7) is 6.90. The molecule has 0 aromatic rings. The van der Waals surface area contributed by atoms with E-state index >= 15 is 0 Å². The lowest BCUT2D eigenvalue weighted by Crippen LogP contribution is -2.36. The molecular weight excluding hydrogens is 222 g/mol. The van der Waals surface area contributed by atoms with E-state index in [1.165, 1.54) is 12.8 Å². The minimum Gasteiger partial charge on any atom is -0.358 e. The molecular formula is C13H24ClNO. The van der Waals surface area contributed by atoms with E-state index in [1.54, 1.807) is 7.05 Å². The second kappa shape index (κ2) is 5.39. The molecule has 0 saturated heterocycles. The molecule has 1 atom stereocenters. The van der Waals surface area contributed by atoms with Crippen LogP contribution in [0.5, 0.6) is 0 Å². The number of amides is 1. The van der Waals surface area contributed by atoms with Gasteiger partial charge in [0.1, 0.15) is 5.38 Å². The third-order valence-corrected chi connectivity index (χ3v) is 4.46. The Bertz CT molecular complexity index is 239. The van der Waals surface area contributed by atoms with Crippen LogP contribution in [0, 0.1) is 17.3 Å². The molecule has 1 aliphatic carbocycles. The first-order chi connectivity index (χ1) is 7.36. The van der Waals surface area contributed by atoms with Gasteiger partial charge in [-0.05, 0) is 42.9 Å². The second-order valence-corrected chi connectivity index (χ2v) is 6.46. The minimum absolute atomic E-state index is 0.0270. The van der Waals surface area contributed by atoms with Crippen molar-refractivity contribution < 1.29 is 4.79 Å². The van der Waals surface area contributed by atoms with Gasteiger partial charge in [0.15, 0.2) is 0 Å². The van der Waals surface area contributed by atoms with Gasteiger partial charge in [0.2, 0.25) is 5.91 Å². The second-order valence-electron chi connectivity index (χ2n) is 5.99. The normalized spacial score (nSPS) is 28.6. The lowest BCUT2D eigenvalue weighted by atomic mass is 9.69. The summed E-state index contributed by atoms with van der Waals surface area (Å²) in [6.07, 6.45) is 4.58. The Morgan fingerprint density at radius 3 is 2.12 bits per heavy atom. The number of nitrogens with one attached hydrogen (secondary N) is 1. The maximum atomic E-state index is 11.4. The van der Waals surface area contributed by atoms with Gasteiger partial charge < -0.3 is 5.32 Å². The number of rotatable bonds is 2. The van der Waals surface area contributed by atoms with Gasteiger partial charge in [-0.2, -0.15) is 0 Å². The van der Waals surface area contributed by atoms with Gasteiger partial charge in [-0.25, -0.2) is 0 Å². The van der Waals surface area contributed by atoms with Crippen molar-refractivity contribution in [2.24, 2.45) is 17.3 Å². The standard InChI is InChI=1S/C13H24ClNO/c1-13(2,3)10-7-5-9(6-8-10)11(14)12(16)15-4/h9-11H,5-8H2,1-4H3,(H,15,16). The van der Waals surface area contributed by atoms with Crippen LogP contribution in [-0.2, 0) is 4.79 Å². The SMILES string of the molecule is CNC(=O)C(Cl)C1CCC(C(C)(C)C)CC1. The van der Waals surface area contributed by atoms with E-state index in [2.05, 4.69) is 26.1 Å². The zero-order valence-corrected chi connectivity index (χ0v) is 11.6. The van der Waals surface area contributed by atoms with Gasteiger partial charge >= 0.3 is 0 Å². The predicted octanol–water partition coefficient (Wildman–Crippen LogP) is 3.19. The van der Waals surface area contributed by atoms with Crippen LogP contribution in [0.1, 0.15) is 46.5 Å². The maximum absolute atomic E-state index is 11.4. The van der Waals surface area contributed by atoms with Crippen LogP contribution < -0.4 is 5.32 Å². The molecule has 2 nitrogen and oxygen atoms in total. The molecule has 1 fully saturated rings. The molecule has 3 heteroatoms. The van der Waals surface area contributed by atoms with Crippen LogP contribution >= 0.6 is 11.6 Å². The summed E-state index contributed by atoms with van der Waals surface area (Å²) < 4.78 is 0. The van der Waals surface area contributed by atoms with Crippen molar-refractivity contribution >= 4 is 17.5 Å². The third kappa shape index (κ3) is 3.38. The summed E-state index contributed by atoms with van der Waals surface area (Å²) in [6, 6.07) is 0. The number of hydrogen-bond donors (Lipinski definition) is 1. The van der Waals surface area contributed by atoms with E-state index in [-0.39, 0.29) is 11.3 Å². The fourth-order valence-corrected chi connectivity index (χ4v) is 2.99. The summed E-state index contributed by atoms with van der Waals surface area (Å²) in [5.74, 6) is 1.11. The van der Waals surface area contributed by atoms with Crippen molar-refractivity contribution in [1.29, 1.82) is 0 Å². The number of carbonyl (C=O) groups excluding carboxylic acids is 1. The van der Waals surface area contributed by atoms with Gasteiger partial charge in [-0.1, -0.05) is 20.8 Å². The van der Waals surface area contributed by atoms with Gasteiger partial charge in [-0.15, -0.1) is 11.6 Å². The van der Waals surface area contributed by atoms with Gasteiger partial charge in [-0.3, -0.25) is 4.79 Å². The summed E-state index contributed by atoms with van der Waals surface area (Å²) in [7, 11) is 1.65. The number of carbonyl (C=O) groups is 1. The smallest absolute Gasteiger partial charge is 0.238 e. The zero-order valence-electron chi connectivity index (χ0n) is 10.8. The highest BCUT2D eigenvalue weighted by Crippen LogP contribution is 2.41. The summed E-state index contributed by atoms with van der Waals surface area (Å²) >= 11 is 6.16. The van der Waals surface area contributed by atoms with Crippen molar-refractivity contribution in [2.75, 3.05) is 7.05 Å². The minimum atomic E-state index is -0.342. The van der Waals surface area contributed by atoms with Crippen LogP contribution in [0.4, 0.5) is 0 Å². The summed E-state index contributed by atoms with van der Waals surface area (Å²) in [4.78, 5) is 11.4. The van der Waals surface area contributed by atoms with E-state index in [1.807, 2.05) is 0 Å². The first-order valence-corrected chi connectivity index (χ1v) is 6.65. The Kier molecular flexibility index (Phi) is 4.66. The van der Waals surface area contributed by atoms with E-state index < -0.39 is 0 Å². The van der Waals surface area contributed by atoms with Crippen LogP contribution in [0.3, 0.4) is 0 Å². The molecule has 0 aliphatic heterocycles. The molecule has 0 aromatic carbocycles. The lowest BCUT2D eigenvalue weighted by Gasteiger charge is -2.37. The highest BCUT2D eigenvalue weighted by atomic mass is 35.5. The summed E-state index contributed by atoms with van der Waals surface area (Å²) in [5, 5.41) is 2.29.